The molecule has 9 nitrogen and oxygen atoms in total. The fraction of sp³-hybridized carbons (Fsp3) is 0.167. The number of carbonyl (C=O) groups is 3. The van der Waals surface area contributed by atoms with Crippen LogP contribution >= 0.6 is 0 Å². The van der Waals surface area contributed by atoms with Crippen molar-refractivity contribution in [3.63, 3.8) is 0 Å². The number of barbiturate groups is 1. The summed E-state index contributed by atoms with van der Waals surface area (Å²) in [5.74, 6) is 0.204. The minimum Gasteiger partial charge on any atom is -0.454 e. The van der Waals surface area contributed by atoms with E-state index in [9.17, 15) is 14.4 Å². The normalized spacial score (nSPS) is 16.5. The van der Waals surface area contributed by atoms with Crippen LogP contribution in [0.15, 0.2) is 48.2 Å². The Kier molecular flexibility index (Phi) is 4.74. The average Bonchev–Trinajstić information content (AvgIpc) is 3.35. The van der Waals surface area contributed by atoms with Crippen LogP contribution in [0.1, 0.15) is 22.5 Å². The number of fused-ring (bicyclic) bond motifs is 1. The minimum absolute atomic E-state index is 0.0635. The molecule has 0 unspecified atom stereocenters. The summed E-state index contributed by atoms with van der Waals surface area (Å²) in [5.41, 5.74) is 3.54. The van der Waals surface area contributed by atoms with E-state index in [4.69, 9.17) is 9.47 Å². The van der Waals surface area contributed by atoms with Crippen molar-refractivity contribution in [2.24, 2.45) is 0 Å². The van der Waals surface area contributed by atoms with Crippen LogP contribution in [0.3, 0.4) is 0 Å². The van der Waals surface area contributed by atoms with Gasteiger partial charge >= 0.3 is 6.03 Å². The Hall–Kier alpha value is -4.40. The molecule has 166 valence electrons. The second-order valence-corrected chi connectivity index (χ2v) is 7.85. The predicted molar refractivity (Wildman–Crippen MR) is 119 cm³/mol. The highest BCUT2D eigenvalue weighted by Crippen LogP contribution is 2.36. The van der Waals surface area contributed by atoms with Crippen LogP contribution in [-0.2, 0) is 9.59 Å². The summed E-state index contributed by atoms with van der Waals surface area (Å²) in [7, 11) is 0. The largest absolute Gasteiger partial charge is 0.454 e. The zero-order valence-corrected chi connectivity index (χ0v) is 18.2. The number of rotatable bonds is 3. The van der Waals surface area contributed by atoms with Gasteiger partial charge in [-0.15, -0.1) is 0 Å². The molecule has 0 radical (unpaired) electrons. The maximum atomic E-state index is 13.2. The molecule has 5 rings (SSSR count). The minimum atomic E-state index is -0.824. The van der Waals surface area contributed by atoms with Crippen molar-refractivity contribution in [1.82, 2.24) is 14.9 Å². The topological polar surface area (TPSA) is 103 Å². The lowest BCUT2D eigenvalue weighted by atomic mass is 10.1. The number of nitrogens with one attached hydrogen (secondary N) is 1. The quantitative estimate of drug-likeness (QED) is 0.492. The monoisotopic (exact) mass is 444 g/mol. The molecule has 0 spiro atoms. The van der Waals surface area contributed by atoms with Crippen LogP contribution in [-0.4, -0.2) is 34.2 Å². The third-order valence-corrected chi connectivity index (χ3v) is 5.61. The summed E-state index contributed by atoms with van der Waals surface area (Å²) in [5, 5.41) is 2.24. The van der Waals surface area contributed by atoms with Gasteiger partial charge in [-0.3, -0.25) is 14.9 Å². The molecule has 0 bridgehead atoms. The Bertz CT molecular complexity index is 1350. The first kappa shape index (κ1) is 20.5. The first-order valence-corrected chi connectivity index (χ1v) is 10.3. The number of hydrogen-bond donors (Lipinski definition) is 1. The van der Waals surface area contributed by atoms with E-state index >= 15 is 0 Å². The van der Waals surface area contributed by atoms with Gasteiger partial charge in [0.15, 0.2) is 11.5 Å². The first-order chi connectivity index (χ1) is 15.8. The van der Waals surface area contributed by atoms with Gasteiger partial charge in [0.1, 0.15) is 11.4 Å². The second kappa shape index (κ2) is 7.63. The molecular weight excluding hydrogens is 424 g/mol. The van der Waals surface area contributed by atoms with E-state index in [1.54, 1.807) is 18.3 Å². The van der Waals surface area contributed by atoms with E-state index in [1.807, 2.05) is 43.5 Å². The number of aryl methyl sites for hydroxylation is 2. The van der Waals surface area contributed by atoms with E-state index in [1.165, 1.54) is 12.1 Å². The van der Waals surface area contributed by atoms with Crippen molar-refractivity contribution in [1.29, 1.82) is 0 Å². The van der Waals surface area contributed by atoms with Gasteiger partial charge in [0.05, 0.1) is 5.69 Å². The summed E-state index contributed by atoms with van der Waals surface area (Å²) in [6.07, 6.45) is 3.27. The first-order valence-electron chi connectivity index (χ1n) is 10.3. The number of ether oxygens (including phenoxy) is 2. The highest BCUT2D eigenvalue weighted by atomic mass is 16.7. The lowest BCUT2D eigenvalue weighted by molar-refractivity contribution is -0.122. The van der Waals surface area contributed by atoms with Gasteiger partial charge < -0.3 is 14.0 Å². The van der Waals surface area contributed by atoms with E-state index < -0.39 is 17.8 Å². The van der Waals surface area contributed by atoms with Gasteiger partial charge in [0.2, 0.25) is 6.79 Å². The average molecular weight is 444 g/mol. The molecule has 0 atom stereocenters. The Morgan fingerprint density at radius 1 is 1.00 bits per heavy atom. The summed E-state index contributed by atoms with van der Waals surface area (Å²) >= 11 is 0. The molecule has 33 heavy (non-hydrogen) atoms. The highest BCUT2D eigenvalue weighted by Gasteiger charge is 2.37. The third-order valence-electron chi connectivity index (χ3n) is 5.61. The van der Waals surface area contributed by atoms with Crippen LogP contribution in [0.4, 0.5) is 10.5 Å². The summed E-state index contributed by atoms with van der Waals surface area (Å²) in [6, 6.07) is 9.62. The summed E-state index contributed by atoms with van der Waals surface area (Å²) in [6.45, 7) is 5.82. The highest BCUT2D eigenvalue weighted by molar-refractivity contribution is 6.39. The van der Waals surface area contributed by atoms with E-state index in [-0.39, 0.29) is 18.1 Å². The molecule has 1 fully saturated rings. The maximum absolute atomic E-state index is 13.2. The third kappa shape index (κ3) is 3.43. The van der Waals surface area contributed by atoms with Crippen LogP contribution in [0.2, 0.25) is 0 Å². The van der Waals surface area contributed by atoms with E-state index in [0.717, 1.165) is 27.7 Å². The van der Waals surface area contributed by atoms with Crippen LogP contribution in [0.25, 0.3) is 11.9 Å². The molecule has 0 aliphatic carbocycles. The number of carbonyl (C=O) groups excluding carboxylic acids is 3. The van der Waals surface area contributed by atoms with Crippen molar-refractivity contribution in [3.05, 3.63) is 70.7 Å². The van der Waals surface area contributed by atoms with Crippen molar-refractivity contribution in [2.45, 2.75) is 20.8 Å². The SMILES string of the molecule is Cc1ccc(-n2c(C)cc(/C=C3\C(=O)NC(=O)N(c4ccc5c(c4)OCO5)C3=O)c2C)nc1. The fourth-order valence-electron chi connectivity index (χ4n) is 3.95. The molecular formula is C24H20N4O5. The van der Waals surface area contributed by atoms with Crippen molar-refractivity contribution >= 4 is 29.6 Å². The number of anilines is 1. The molecule has 4 heterocycles. The van der Waals surface area contributed by atoms with Crippen molar-refractivity contribution < 1.29 is 23.9 Å². The van der Waals surface area contributed by atoms with Gasteiger partial charge in [-0.1, -0.05) is 6.07 Å². The van der Waals surface area contributed by atoms with Gasteiger partial charge in [0, 0.05) is 23.7 Å². The molecule has 1 saturated heterocycles. The smallest absolute Gasteiger partial charge is 0.335 e. The van der Waals surface area contributed by atoms with Gasteiger partial charge in [-0.2, -0.15) is 0 Å². The van der Waals surface area contributed by atoms with Gasteiger partial charge in [0.25, 0.3) is 11.8 Å². The number of hydrogen-bond acceptors (Lipinski definition) is 6. The van der Waals surface area contributed by atoms with Gasteiger partial charge in [-0.05, 0) is 62.2 Å². The number of imide groups is 2. The lowest BCUT2D eigenvalue weighted by Crippen LogP contribution is -2.54. The number of nitrogens with zero attached hydrogens (tertiary/aromatic N) is 3. The van der Waals surface area contributed by atoms with E-state index in [2.05, 4.69) is 10.3 Å². The Morgan fingerprint density at radius 3 is 2.55 bits per heavy atom. The van der Waals surface area contributed by atoms with E-state index in [0.29, 0.717) is 17.1 Å². The number of aromatic nitrogens is 2. The summed E-state index contributed by atoms with van der Waals surface area (Å²) in [4.78, 5) is 43.7. The molecule has 0 saturated carbocycles. The molecule has 3 aromatic rings. The predicted octanol–water partition coefficient (Wildman–Crippen LogP) is 3.19. The number of benzene rings is 1. The standard InChI is InChI=1S/C24H20N4O5/c1-13-4-7-21(25-11-13)27-14(2)8-16(15(27)3)9-18-22(29)26-24(31)28(23(18)30)17-5-6-19-20(10-17)33-12-32-19/h4-11H,12H2,1-3H3,(H,26,29,31)/b18-9+. The number of urea groups is 1. The molecule has 2 aliphatic heterocycles. The zero-order valence-electron chi connectivity index (χ0n) is 18.2. The molecule has 9 heteroatoms. The van der Waals surface area contributed by atoms with Crippen LogP contribution in [0, 0.1) is 20.8 Å². The Morgan fingerprint density at radius 2 is 1.79 bits per heavy atom. The Balaban J connectivity index is 1.53. The van der Waals surface area contributed by atoms with Crippen molar-refractivity contribution in [2.75, 3.05) is 11.7 Å². The molecule has 1 aromatic carbocycles. The summed E-state index contributed by atoms with van der Waals surface area (Å²) < 4.78 is 12.6. The molecule has 1 N–H and O–H groups in total. The Labute approximate surface area is 189 Å². The van der Waals surface area contributed by atoms with Crippen molar-refractivity contribution in [3.8, 4) is 17.3 Å². The van der Waals surface area contributed by atoms with Crippen LogP contribution < -0.4 is 19.7 Å². The number of pyridine rings is 1. The lowest BCUT2D eigenvalue weighted by Gasteiger charge is -2.26. The molecule has 2 aliphatic rings. The fourth-order valence-corrected chi connectivity index (χ4v) is 3.95. The molecule has 4 amide bonds. The number of amides is 4. The second-order valence-electron chi connectivity index (χ2n) is 7.85. The van der Waals surface area contributed by atoms with Crippen LogP contribution in [0.5, 0.6) is 11.5 Å². The maximum Gasteiger partial charge on any atom is 0.335 e. The zero-order chi connectivity index (χ0) is 23.3. The van der Waals surface area contributed by atoms with Gasteiger partial charge in [-0.25, -0.2) is 14.7 Å². The molecule has 2 aromatic heterocycles.